The number of nitrogens with one attached hydrogen (secondary N) is 1. The van der Waals surface area contributed by atoms with E-state index in [9.17, 15) is 8.42 Å². The molecule has 0 spiro atoms. The van der Waals surface area contributed by atoms with Crippen molar-refractivity contribution in [2.24, 2.45) is 5.73 Å². The van der Waals surface area contributed by atoms with Gasteiger partial charge in [-0.25, -0.2) is 13.1 Å². The highest BCUT2D eigenvalue weighted by atomic mass is 32.2. The highest BCUT2D eigenvalue weighted by Gasteiger charge is 2.28. The molecule has 0 saturated carbocycles. The molecule has 0 bridgehead atoms. The third kappa shape index (κ3) is 3.51. The lowest BCUT2D eigenvalue weighted by molar-refractivity contribution is 0.389. The van der Waals surface area contributed by atoms with E-state index in [0.29, 0.717) is 10.8 Å². The molecule has 0 aliphatic heterocycles. The van der Waals surface area contributed by atoms with Gasteiger partial charge >= 0.3 is 0 Å². The summed E-state index contributed by atoms with van der Waals surface area (Å²) in [6.45, 7) is 6.25. The molecule has 0 atom stereocenters. The first kappa shape index (κ1) is 14.6. The Morgan fingerprint density at radius 3 is 2.35 bits per heavy atom. The predicted molar refractivity (Wildman–Crippen MR) is 71.5 cm³/mol. The Morgan fingerprint density at radius 1 is 1.35 bits per heavy atom. The molecule has 0 unspecified atom stereocenters. The van der Waals surface area contributed by atoms with Gasteiger partial charge in [0.05, 0.1) is 0 Å². The van der Waals surface area contributed by atoms with Gasteiger partial charge in [0.2, 0.25) is 0 Å². The van der Waals surface area contributed by atoms with E-state index in [1.54, 1.807) is 12.1 Å². The topological polar surface area (TPSA) is 72.2 Å². The quantitative estimate of drug-likeness (QED) is 0.835. The first-order valence-corrected chi connectivity index (χ1v) is 7.99. The molecule has 0 radical (unpaired) electrons. The molecular formula is C11H20N2O2S2. The minimum atomic E-state index is -3.42. The highest BCUT2D eigenvalue weighted by Crippen LogP contribution is 2.24. The van der Waals surface area contributed by atoms with Crippen molar-refractivity contribution in [3.63, 3.8) is 0 Å². The number of thiophene rings is 1. The number of rotatable bonds is 6. The second-order valence-electron chi connectivity index (χ2n) is 4.30. The third-order valence-electron chi connectivity index (χ3n) is 3.04. The summed E-state index contributed by atoms with van der Waals surface area (Å²) in [6.07, 6.45) is 1.52. The maximum Gasteiger partial charge on any atom is 0.250 e. The van der Waals surface area contributed by atoms with Crippen LogP contribution in [0.4, 0.5) is 0 Å². The predicted octanol–water partition coefficient (Wildman–Crippen LogP) is 2.06. The third-order valence-corrected chi connectivity index (χ3v) is 6.28. The van der Waals surface area contributed by atoms with E-state index in [-0.39, 0.29) is 5.54 Å². The maximum absolute atomic E-state index is 12.2. The van der Waals surface area contributed by atoms with Crippen molar-refractivity contribution in [2.45, 2.75) is 49.9 Å². The number of hydrogen-bond donors (Lipinski definition) is 2. The second kappa shape index (κ2) is 5.48. The molecule has 0 fully saturated rings. The summed E-state index contributed by atoms with van der Waals surface area (Å²) in [4.78, 5) is 0.875. The van der Waals surface area contributed by atoms with Crippen LogP contribution in [0.25, 0.3) is 0 Å². The lowest BCUT2D eigenvalue weighted by Gasteiger charge is -2.27. The molecule has 4 nitrogen and oxygen atoms in total. The zero-order chi connectivity index (χ0) is 13.1. The van der Waals surface area contributed by atoms with E-state index in [1.807, 2.05) is 20.8 Å². The van der Waals surface area contributed by atoms with Gasteiger partial charge in [0.1, 0.15) is 4.21 Å². The van der Waals surface area contributed by atoms with Gasteiger partial charge in [0, 0.05) is 17.0 Å². The van der Waals surface area contributed by atoms with Crippen LogP contribution in [0, 0.1) is 0 Å². The minimum Gasteiger partial charge on any atom is -0.326 e. The molecule has 0 amide bonds. The summed E-state index contributed by atoms with van der Waals surface area (Å²) in [6, 6.07) is 3.37. The molecule has 0 aliphatic rings. The lowest BCUT2D eigenvalue weighted by atomic mass is 9.98. The van der Waals surface area contributed by atoms with E-state index < -0.39 is 10.0 Å². The van der Waals surface area contributed by atoms with E-state index >= 15 is 0 Å². The Hall–Kier alpha value is -0.430. The van der Waals surface area contributed by atoms with Crippen LogP contribution in [-0.2, 0) is 16.6 Å². The fourth-order valence-corrected chi connectivity index (χ4v) is 4.17. The summed E-state index contributed by atoms with van der Waals surface area (Å²) >= 11 is 1.23. The van der Waals surface area contributed by atoms with Crippen molar-refractivity contribution in [1.29, 1.82) is 0 Å². The molecule has 17 heavy (non-hydrogen) atoms. The van der Waals surface area contributed by atoms with E-state index in [2.05, 4.69) is 4.72 Å². The second-order valence-corrected chi connectivity index (χ2v) is 7.38. The molecule has 0 saturated heterocycles. The van der Waals surface area contributed by atoms with Gasteiger partial charge in [-0.1, -0.05) is 13.8 Å². The van der Waals surface area contributed by atoms with Crippen LogP contribution in [-0.4, -0.2) is 14.0 Å². The fraction of sp³-hybridized carbons (Fsp3) is 0.636. The molecular weight excluding hydrogens is 256 g/mol. The summed E-state index contributed by atoms with van der Waals surface area (Å²) in [5, 5.41) is 0. The fourth-order valence-electron chi connectivity index (χ4n) is 1.38. The Bertz CT molecular complexity index is 462. The van der Waals surface area contributed by atoms with Crippen molar-refractivity contribution >= 4 is 21.4 Å². The molecule has 1 rings (SSSR count). The normalized spacial score (nSPS) is 12.9. The zero-order valence-electron chi connectivity index (χ0n) is 10.5. The van der Waals surface area contributed by atoms with Crippen LogP contribution in [0.3, 0.4) is 0 Å². The summed E-state index contributed by atoms with van der Waals surface area (Å²) < 4.78 is 27.4. The Morgan fingerprint density at radius 2 is 1.94 bits per heavy atom. The number of sulfonamides is 1. The molecule has 0 aliphatic carbocycles. The largest absolute Gasteiger partial charge is 0.326 e. The summed E-state index contributed by atoms with van der Waals surface area (Å²) in [5.41, 5.74) is 5.10. The summed E-state index contributed by atoms with van der Waals surface area (Å²) in [7, 11) is -3.42. The van der Waals surface area contributed by atoms with Crippen molar-refractivity contribution in [3.05, 3.63) is 17.0 Å². The van der Waals surface area contributed by atoms with Gasteiger partial charge in [-0.3, -0.25) is 0 Å². The van der Waals surface area contributed by atoms with Crippen LogP contribution in [0.1, 0.15) is 38.5 Å². The Labute approximate surface area is 107 Å². The standard InChI is InChI=1S/C11H20N2O2S2/c1-4-11(3,5-2)13-17(14,15)10-7-6-9(8-12)16-10/h6-7,13H,4-5,8,12H2,1-3H3. The van der Waals surface area contributed by atoms with Crippen LogP contribution in [0.15, 0.2) is 16.3 Å². The van der Waals surface area contributed by atoms with E-state index in [0.717, 1.165) is 17.7 Å². The van der Waals surface area contributed by atoms with Gasteiger partial charge in [-0.15, -0.1) is 11.3 Å². The first-order valence-electron chi connectivity index (χ1n) is 5.69. The van der Waals surface area contributed by atoms with Gasteiger partial charge in [-0.05, 0) is 31.9 Å². The maximum atomic E-state index is 12.2. The van der Waals surface area contributed by atoms with Crippen LogP contribution < -0.4 is 10.5 Å². The van der Waals surface area contributed by atoms with Crippen molar-refractivity contribution in [2.75, 3.05) is 0 Å². The highest BCUT2D eigenvalue weighted by molar-refractivity contribution is 7.91. The SMILES string of the molecule is CCC(C)(CC)NS(=O)(=O)c1ccc(CN)s1. The van der Waals surface area contributed by atoms with Crippen molar-refractivity contribution in [1.82, 2.24) is 4.72 Å². The van der Waals surface area contributed by atoms with Crippen molar-refractivity contribution < 1.29 is 8.42 Å². The summed E-state index contributed by atoms with van der Waals surface area (Å²) in [5.74, 6) is 0. The molecule has 98 valence electrons. The molecule has 3 N–H and O–H groups in total. The van der Waals surface area contributed by atoms with Gasteiger partial charge in [0.25, 0.3) is 10.0 Å². The number of hydrogen-bond acceptors (Lipinski definition) is 4. The monoisotopic (exact) mass is 276 g/mol. The average Bonchev–Trinajstić information content (AvgIpc) is 2.77. The van der Waals surface area contributed by atoms with Gasteiger partial charge in [-0.2, -0.15) is 0 Å². The molecule has 1 aromatic heterocycles. The molecule has 1 aromatic rings. The van der Waals surface area contributed by atoms with E-state index in [4.69, 9.17) is 5.73 Å². The van der Waals surface area contributed by atoms with Crippen LogP contribution in [0.2, 0.25) is 0 Å². The average molecular weight is 276 g/mol. The van der Waals surface area contributed by atoms with E-state index in [1.165, 1.54) is 11.3 Å². The zero-order valence-corrected chi connectivity index (χ0v) is 12.1. The van der Waals surface area contributed by atoms with Crippen LogP contribution in [0.5, 0.6) is 0 Å². The van der Waals surface area contributed by atoms with Crippen LogP contribution >= 0.6 is 11.3 Å². The molecule has 0 aromatic carbocycles. The first-order chi connectivity index (χ1) is 7.87. The Kier molecular flexibility index (Phi) is 4.71. The van der Waals surface area contributed by atoms with Gasteiger partial charge < -0.3 is 5.73 Å². The molecule has 6 heteroatoms. The van der Waals surface area contributed by atoms with Gasteiger partial charge in [0.15, 0.2) is 0 Å². The molecule has 1 heterocycles. The minimum absolute atomic E-state index is 0.339. The smallest absolute Gasteiger partial charge is 0.250 e. The number of nitrogens with two attached hydrogens (primary N) is 1. The Balaban J connectivity index is 2.96. The lowest BCUT2D eigenvalue weighted by Crippen LogP contribution is -2.44. The van der Waals surface area contributed by atoms with Crippen molar-refractivity contribution in [3.8, 4) is 0 Å².